The van der Waals surface area contributed by atoms with Crippen molar-refractivity contribution in [1.29, 1.82) is 0 Å². The number of nitrogens with one attached hydrogen (secondary N) is 2. The molecule has 2 aliphatic rings. The second-order valence-electron chi connectivity index (χ2n) is 4.49. The average molecular weight is 196 g/mol. The molecule has 0 radical (unpaired) electrons. The fourth-order valence-corrected chi connectivity index (χ4v) is 2.11. The molecule has 0 aromatic carbocycles. The lowest BCUT2D eigenvalue weighted by atomic mass is 9.93. The lowest BCUT2D eigenvalue weighted by Crippen LogP contribution is -2.49. The van der Waals surface area contributed by atoms with Crippen LogP contribution in [-0.4, -0.2) is 24.5 Å². The molecule has 1 heterocycles. The summed E-state index contributed by atoms with van der Waals surface area (Å²) in [6, 6.07) is 0.561. The Morgan fingerprint density at radius 1 is 1.07 bits per heavy atom. The molecule has 1 amide bonds. The van der Waals surface area contributed by atoms with Crippen molar-refractivity contribution in [2.24, 2.45) is 0 Å². The zero-order valence-electron chi connectivity index (χ0n) is 8.72. The van der Waals surface area contributed by atoms with Crippen LogP contribution in [0.5, 0.6) is 0 Å². The van der Waals surface area contributed by atoms with Gasteiger partial charge in [-0.25, -0.2) is 0 Å². The Bertz CT molecular complexity index is 193. The SMILES string of the molecule is O=C(NC1CCC1)C1CCCCCN1. The van der Waals surface area contributed by atoms with Gasteiger partial charge in [0.15, 0.2) is 0 Å². The zero-order chi connectivity index (χ0) is 9.80. The van der Waals surface area contributed by atoms with Crippen molar-refractivity contribution in [3.63, 3.8) is 0 Å². The van der Waals surface area contributed by atoms with Gasteiger partial charge in [0.25, 0.3) is 0 Å². The highest BCUT2D eigenvalue weighted by Crippen LogP contribution is 2.18. The van der Waals surface area contributed by atoms with Crippen LogP contribution in [0.4, 0.5) is 0 Å². The van der Waals surface area contributed by atoms with Gasteiger partial charge in [-0.15, -0.1) is 0 Å². The summed E-state index contributed by atoms with van der Waals surface area (Å²) in [7, 11) is 0. The molecular formula is C11H20N2O. The van der Waals surface area contributed by atoms with Crippen LogP contribution in [-0.2, 0) is 4.79 Å². The summed E-state index contributed by atoms with van der Waals surface area (Å²) in [5, 5.41) is 6.44. The molecule has 3 heteroatoms. The number of hydrogen-bond donors (Lipinski definition) is 2. The van der Waals surface area contributed by atoms with Crippen molar-refractivity contribution in [2.75, 3.05) is 6.54 Å². The number of carbonyl (C=O) groups is 1. The highest BCUT2D eigenvalue weighted by Gasteiger charge is 2.24. The molecule has 0 aromatic heterocycles. The molecule has 1 aliphatic carbocycles. The summed E-state index contributed by atoms with van der Waals surface area (Å²) in [4.78, 5) is 11.8. The van der Waals surface area contributed by atoms with E-state index in [4.69, 9.17) is 0 Å². The van der Waals surface area contributed by atoms with E-state index in [0.717, 1.165) is 13.0 Å². The van der Waals surface area contributed by atoms with E-state index in [9.17, 15) is 4.79 Å². The van der Waals surface area contributed by atoms with E-state index in [1.807, 2.05) is 0 Å². The van der Waals surface area contributed by atoms with E-state index in [-0.39, 0.29) is 11.9 Å². The molecule has 14 heavy (non-hydrogen) atoms. The van der Waals surface area contributed by atoms with Gasteiger partial charge in [-0.1, -0.05) is 12.8 Å². The summed E-state index contributed by atoms with van der Waals surface area (Å²) in [6.07, 6.45) is 8.32. The molecule has 2 rings (SSSR count). The van der Waals surface area contributed by atoms with E-state index < -0.39 is 0 Å². The van der Waals surface area contributed by atoms with Crippen LogP contribution in [0.25, 0.3) is 0 Å². The minimum absolute atomic E-state index is 0.0816. The molecule has 80 valence electrons. The molecule has 1 saturated heterocycles. The molecule has 3 nitrogen and oxygen atoms in total. The summed E-state index contributed by atoms with van der Waals surface area (Å²) in [5.41, 5.74) is 0. The highest BCUT2D eigenvalue weighted by molar-refractivity contribution is 5.82. The van der Waals surface area contributed by atoms with Crippen molar-refractivity contribution >= 4 is 5.91 Å². The summed E-state index contributed by atoms with van der Waals surface area (Å²) in [5.74, 6) is 0.233. The van der Waals surface area contributed by atoms with Gasteiger partial charge in [-0.3, -0.25) is 4.79 Å². The average Bonchev–Trinajstić information content (AvgIpc) is 2.38. The van der Waals surface area contributed by atoms with Gasteiger partial charge in [0.1, 0.15) is 0 Å². The van der Waals surface area contributed by atoms with Gasteiger partial charge in [-0.2, -0.15) is 0 Å². The fraction of sp³-hybridized carbons (Fsp3) is 0.909. The quantitative estimate of drug-likeness (QED) is 0.696. The third-order valence-corrected chi connectivity index (χ3v) is 3.33. The molecular weight excluding hydrogens is 176 g/mol. The summed E-state index contributed by atoms with van der Waals surface area (Å²) < 4.78 is 0. The minimum atomic E-state index is 0.0816. The maximum absolute atomic E-state index is 11.8. The normalized spacial score (nSPS) is 29.0. The standard InChI is InChI=1S/C11H20N2O/c14-11(13-9-5-4-6-9)10-7-2-1-3-8-12-10/h9-10,12H,1-8H2,(H,13,14). The lowest BCUT2D eigenvalue weighted by molar-refractivity contribution is -0.124. The predicted molar refractivity (Wildman–Crippen MR) is 56.0 cm³/mol. The van der Waals surface area contributed by atoms with Gasteiger partial charge < -0.3 is 10.6 Å². The number of carbonyl (C=O) groups excluding carboxylic acids is 1. The Hall–Kier alpha value is -0.570. The highest BCUT2D eigenvalue weighted by atomic mass is 16.2. The van der Waals surface area contributed by atoms with E-state index in [1.54, 1.807) is 0 Å². The van der Waals surface area contributed by atoms with Crippen molar-refractivity contribution in [3.8, 4) is 0 Å². The predicted octanol–water partition coefficient (Wildman–Crippen LogP) is 1.19. The minimum Gasteiger partial charge on any atom is -0.352 e. The molecule has 1 aliphatic heterocycles. The van der Waals surface area contributed by atoms with E-state index in [0.29, 0.717) is 6.04 Å². The van der Waals surface area contributed by atoms with Gasteiger partial charge in [-0.05, 0) is 38.6 Å². The van der Waals surface area contributed by atoms with Crippen molar-refractivity contribution < 1.29 is 4.79 Å². The first-order chi connectivity index (χ1) is 6.86. The van der Waals surface area contributed by atoms with Gasteiger partial charge in [0.05, 0.1) is 6.04 Å². The summed E-state index contributed by atoms with van der Waals surface area (Å²) >= 11 is 0. The second kappa shape index (κ2) is 4.78. The number of hydrogen-bond acceptors (Lipinski definition) is 2. The van der Waals surface area contributed by atoms with Crippen LogP contribution in [0.2, 0.25) is 0 Å². The maximum Gasteiger partial charge on any atom is 0.237 e. The van der Waals surface area contributed by atoms with Crippen LogP contribution in [0.1, 0.15) is 44.9 Å². The number of rotatable bonds is 2. The Kier molecular flexibility index (Phi) is 3.40. The van der Waals surface area contributed by atoms with Crippen LogP contribution in [0, 0.1) is 0 Å². The first-order valence-electron chi connectivity index (χ1n) is 5.90. The third kappa shape index (κ3) is 2.47. The van der Waals surface area contributed by atoms with Crippen molar-refractivity contribution in [2.45, 2.75) is 57.0 Å². The fourth-order valence-electron chi connectivity index (χ4n) is 2.11. The topological polar surface area (TPSA) is 41.1 Å². The zero-order valence-corrected chi connectivity index (χ0v) is 8.72. The van der Waals surface area contributed by atoms with Gasteiger partial charge in [0, 0.05) is 6.04 Å². The van der Waals surface area contributed by atoms with E-state index in [2.05, 4.69) is 10.6 Å². The molecule has 0 spiro atoms. The lowest BCUT2D eigenvalue weighted by Gasteiger charge is -2.28. The van der Waals surface area contributed by atoms with Crippen molar-refractivity contribution in [3.05, 3.63) is 0 Å². The van der Waals surface area contributed by atoms with E-state index in [1.165, 1.54) is 38.5 Å². The maximum atomic E-state index is 11.8. The Balaban J connectivity index is 1.76. The largest absolute Gasteiger partial charge is 0.352 e. The van der Waals surface area contributed by atoms with Gasteiger partial charge >= 0.3 is 0 Å². The smallest absolute Gasteiger partial charge is 0.237 e. The number of amides is 1. The van der Waals surface area contributed by atoms with Crippen LogP contribution in [0.3, 0.4) is 0 Å². The molecule has 2 N–H and O–H groups in total. The Morgan fingerprint density at radius 3 is 2.64 bits per heavy atom. The first-order valence-corrected chi connectivity index (χ1v) is 5.90. The molecule has 1 atom stereocenters. The first kappa shape index (κ1) is 9.97. The molecule has 2 fully saturated rings. The summed E-state index contributed by atoms with van der Waals surface area (Å²) in [6.45, 7) is 1.00. The van der Waals surface area contributed by atoms with Crippen LogP contribution >= 0.6 is 0 Å². The van der Waals surface area contributed by atoms with Crippen LogP contribution in [0.15, 0.2) is 0 Å². The molecule has 1 unspecified atom stereocenters. The molecule has 1 saturated carbocycles. The van der Waals surface area contributed by atoms with Crippen molar-refractivity contribution in [1.82, 2.24) is 10.6 Å². The Morgan fingerprint density at radius 2 is 1.93 bits per heavy atom. The molecule has 0 bridgehead atoms. The van der Waals surface area contributed by atoms with Gasteiger partial charge in [0.2, 0.25) is 5.91 Å². The Labute approximate surface area is 85.6 Å². The third-order valence-electron chi connectivity index (χ3n) is 3.33. The monoisotopic (exact) mass is 196 g/mol. The van der Waals surface area contributed by atoms with E-state index >= 15 is 0 Å². The second-order valence-corrected chi connectivity index (χ2v) is 4.49. The van der Waals surface area contributed by atoms with Crippen LogP contribution < -0.4 is 10.6 Å². The molecule has 0 aromatic rings.